The van der Waals surface area contributed by atoms with Gasteiger partial charge in [0.2, 0.25) is 0 Å². The van der Waals surface area contributed by atoms with Crippen LogP contribution in [0.25, 0.3) is 11.4 Å². The molecule has 2 rings (SSSR count). The van der Waals surface area contributed by atoms with Crippen LogP contribution in [0.15, 0.2) is 30.5 Å². The van der Waals surface area contributed by atoms with Crippen LogP contribution in [-0.4, -0.2) is 21.3 Å². The van der Waals surface area contributed by atoms with Crippen LogP contribution in [-0.2, 0) is 13.5 Å². The molecule has 0 aliphatic heterocycles. The van der Waals surface area contributed by atoms with Crippen LogP contribution in [0.1, 0.15) is 5.69 Å². The van der Waals surface area contributed by atoms with Gasteiger partial charge in [-0.2, -0.15) is 0 Å². The van der Waals surface area contributed by atoms with Crippen molar-refractivity contribution in [3.8, 4) is 11.4 Å². The van der Waals surface area contributed by atoms with Crippen molar-refractivity contribution in [3.63, 3.8) is 0 Å². The number of rotatable bonds is 3. The van der Waals surface area contributed by atoms with Crippen LogP contribution in [0.2, 0.25) is 5.02 Å². The minimum absolute atomic E-state index is 0.133. The molecule has 0 atom stereocenters. The molecule has 0 fully saturated rings. The topological polar surface area (TPSA) is 38.0 Å². The molecule has 1 aromatic heterocycles. The number of imidazole rings is 1. The summed E-state index contributed by atoms with van der Waals surface area (Å²) in [7, 11) is 1.94. The van der Waals surface area contributed by atoms with E-state index in [1.165, 1.54) is 0 Å². The van der Waals surface area contributed by atoms with Crippen molar-refractivity contribution in [2.45, 2.75) is 6.42 Å². The highest BCUT2D eigenvalue weighted by Crippen LogP contribution is 2.22. The Morgan fingerprint density at radius 2 is 2.25 bits per heavy atom. The van der Waals surface area contributed by atoms with Crippen molar-refractivity contribution in [2.24, 2.45) is 7.05 Å². The van der Waals surface area contributed by atoms with E-state index in [4.69, 9.17) is 16.7 Å². The molecule has 1 aromatic carbocycles. The fraction of sp³-hybridized carbons (Fsp3) is 0.250. The van der Waals surface area contributed by atoms with Gasteiger partial charge in [-0.05, 0) is 12.1 Å². The first-order valence-corrected chi connectivity index (χ1v) is 5.47. The van der Waals surface area contributed by atoms with Gasteiger partial charge in [0.25, 0.3) is 0 Å². The fourth-order valence-corrected chi connectivity index (χ4v) is 1.88. The molecule has 16 heavy (non-hydrogen) atoms. The van der Waals surface area contributed by atoms with Gasteiger partial charge in [-0.3, -0.25) is 0 Å². The molecule has 3 nitrogen and oxygen atoms in total. The summed E-state index contributed by atoms with van der Waals surface area (Å²) in [4.78, 5) is 4.34. The summed E-state index contributed by atoms with van der Waals surface area (Å²) in [6.45, 7) is 0.133. The highest BCUT2D eigenvalue weighted by Gasteiger charge is 2.08. The molecule has 0 aliphatic rings. The van der Waals surface area contributed by atoms with Gasteiger partial charge in [0.15, 0.2) is 0 Å². The molecular weight excluding hydrogens is 224 g/mol. The van der Waals surface area contributed by atoms with Crippen LogP contribution in [0.5, 0.6) is 0 Å². The van der Waals surface area contributed by atoms with Gasteiger partial charge >= 0.3 is 0 Å². The predicted octanol–water partition coefficient (Wildman–Crippen LogP) is 2.28. The number of aromatic nitrogens is 2. The Hall–Kier alpha value is -1.32. The Morgan fingerprint density at radius 1 is 1.44 bits per heavy atom. The van der Waals surface area contributed by atoms with Gasteiger partial charge in [-0.1, -0.05) is 23.7 Å². The molecule has 2 aromatic rings. The first-order chi connectivity index (χ1) is 7.72. The molecule has 0 radical (unpaired) electrons. The third-order valence-electron chi connectivity index (χ3n) is 2.54. The van der Waals surface area contributed by atoms with Crippen LogP contribution in [0.4, 0.5) is 0 Å². The zero-order chi connectivity index (χ0) is 11.5. The van der Waals surface area contributed by atoms with Crippen LogP contribution in [0.3, 0.4) is 0 Å². The number of benzene rings is 1. The highest BCUT2D eigenvalue weighted by molar-refractivity contribution is 6.30. The lowest BCUT2D eigenvalue weighted by atomic mass is 10.2. The Morgan fingerprint density at radius 3 is 2.94 bits per heavy atom. The quantitative estimate of drug-likeness (QED) is 0.888. The smallest absolute Gasteiger partial charge is 0.139 e. The number of hydrogen-bond donors (Lipinski definition) is 1. The van der Waals surface area contributed by atoms with E-state index < -0.39 is 0 Å². The van der Waals surface area contributed by atoms with Gasteiger partial charge in [-0.15, -0.1) is 0 Å². The van der Waals surface area contributed by atoms with Crippen LogP contribution < -0.4 is 0 Å². The summed E-state index contributed by atoms with van der Waals surface area (Å²) in [5.41, 5.74) is 2.00. The van der Waals surface area contributed by atoms with E-state index in [9.17, 15) is 0 Å². The van der Waals surface area contributed by atoms with E-state index >= 15 is 0 Å². The standard InChI is InChI=1S/C12H13ClN2O/c1-15-11(5-6-16)8-14-12(15)9-3-2-4-10(13)7-9/h2-4,7-8,16H,5-6H2,1H3. The number of nitrogens with zero attached hydrogens (tertiary/aromatic N) is 2. The van der Waals surface area contributed by atoms with Crippen LogP contribution in [0, 0.1) is 0 Å². The molecule has 0 aliphatic carbocycles. The normalized spacial score (nSPS) is 10.7. The summed E-state index contributed by atoms with van der Waals surface area (Å²) < 4.78 is 1.97. The molecule has 0 bridgehead atoms. The number of halogens is 1. The molecule has 0 spiro atoms. The highest BCUT2D eigenvalue weighted by atomic mass is 35.5. The van der Waals surface area contributed by atoms with Gasteiger partial charge in [0.05, 0.1) is 0 Å². The van der Waals surface area contributed by atoms with Crippen molar-refractivity contribution in [1.82, 2.24) is 9.55 Å². The van der Waals surface area contributed by atoms with Gasteiger partial charge in [-0.25, -0.2) is 4.98 Å². The average molecular weight is 237 g/mol. The van der Waals surface area contributed by atoms with Crippen molar-refractivity contribution >= 4 is 11.6 Å². The van der Waals surface area contributed by atoms with E-state index in [0.29, 0.717) is 11.4 Å². The van der Waals surface area contributed by atoms with Crippen LogP contribution >= 0.6 is 11.6 Å². The number of aliphatic hydroxyl groups excluding tert-OH is 1. The minimum Gasteiger partial charge on any atom is -0.396 e. The summed E-state index contributed by atoms with van der Waals surface area (Å²) in [5, 5.41) is 9.60. The third kappa shape index (κ3) is 2.10. The Balaban J connectivity index is 2.41. The molecule has 1 N–H and O–H groups in total. The van der Waals surface area contributed by atoms with Gasteiger partial charge in [0, 0.05) is 42.6 Å². The fourth-order valence-electron chi connectivity index (χ4n) is 1.69. The SMILES string of the molecule is Cn1c(CCO)cnc1-c1cccc(Cl)c1. The minimum atomic E-state index is 0.133. The second-order valence-electron chi connectivity index (χ2n) is 3.62. The first kappa shape index (κ1) is 11.2. The third-order valence-corrected chi connectivity index (χ3v) is 2.77. The Bertz CT molecular complexity index is 494. The lowest BCUT2D eigenvalue weighted by Crippen LogP contribution is -2.00. The molecule has 0 saturated carbocycles. The number of aliphatic hydroxyl groups is 1. The maximum Gasteiger partial charge on any atom is 0.139 e. The van der Waals surface area contributed by atoms with E-state index in [1.807, 2.05) is 35.9 Å². The summed E-state index contributed by atoms with van der Waals surface area (Å²) in [6, 6.07) is 7.59. The molecule has 4 heteroatoms. The van der Waals surface area contributed by atoms with E-state index in [-0.39, 0.29) is 6.61 Å². The largest absolute Gasteiger partial charge is 0.396 e. The number of hydrogen-bond acceptors (Lipinski definition) is 2. The van der Waals surface area contributed by atoms with Crippen molar-refractivity contribution in [3.05, 3.63) is 41.2 Å². The van der Waals surface area contributed by atoms with Crippen molar-refractivity contribution < 1.29 is 5.11 Å². The van der Waals surface area contributed by atoms with E-state index in [1.54, 1.807) is 6.20 Å². The second kappa shape index (κ2) is 4.68. The maximum atomic E-state index is 8.91. The van der Waals surface area contributed by atoms with Crippen molar-refractivity contribution in [2.75, 3.05) is 6.61 Å². The Labute approximate surface area is 99.3 Å². The predicted molar refractivity (Wildman–Crippen MR) is 64.4 cm³/mol. The molecule has 0 saturated heterocycles. The van der Waals surface area contributed by atoms with Gasteiger partial charge < -0.3 is 9.67 Å². The Kier molecular flexibility index (Phi) is 3.27. The summed E-state index contributed by atoms with van der Waals surface area (Å²) in [6.07, 6.45) is 2.40. The second-order valence-corrected chi connectivity index (χ2v) is 4.05. The lowest BCUT2D eigenvalue weighted by molar-refractivity contribution is 0.297. The van der Waals surface area contributed by atoms with Crippen molar-refractivity contribution in [1.29, 1.82) is 0 Å². The average Bonchev–Trinajstić information content (AvgIpc) is 2.61. The lowest BCUT2D eigenvalue weighted by Gasteiger charge is -2.05. The summed E-state index contributed by atoms with van der Waals surface area (Å²) >= 11 is 5.94. The monoisotopic (exact) mass is 236 g/mol. The molecule has 84 valence electrons. The first-order valence-electron chi connectivity index (χ1n) is 5.10. The summed E-state index contributed by atoms with van der Waals surface area (Å²) in [5.74, 6) is 0.867. The zero-order valence-corrected chi connectivity index (χ0v) is 9.78. The maximum absolute atomic E-state index is 8.91. The van der Waals surface area contributed by atoms with E-state index in [2.05, 4.69) is 4.98 Å². The molecule has 1 heterocycles. The van der Waals surface area contributed by atoms with E-state index in [0.717, 1.165) is 17.1 Å². The molecular formula is C12H13ClN2O. The zero-order valence-electron chi connectivity index (χ0n) is 9.02. The molecule has 0 amide bonds. The van der Waals surface area contributed by atoms with Gasteiger partial charge in [0.1, 0.15) is 5.82 Å². The molecule has 0 unspecified atom stereocenters.